The van der Waals surface area contributed by atoms with Crippen molar-refractivity contribution in [2.24, 2.45) is 5.92 Å². The molecule has 2 aromatic carbocycles. The number of halogens is 1. The van der Waals surface area contributed by atoms with Crippen molar-refractivity contribution in [1.82, 2.24) is 0 Å². The van der Waals surface area contributed by atoms with E-state index in [2.05, 4.69) is 17.4 Å². The van der Waals surface area contributed by atoms with Gasteiger partial charge in [-0.15, -0.1) is 0 Å². The lowest BCUT2D eigenvalue weighted by atomic mass is 9.95. The van der Waals surface area contributed by atoms with E-state index in [-0.39, 0.29) is 17.6 Å². The molecule has 1 fully saturated rings. The average Bonchev–Trinajstić information content (AvgIpc) is 3.10. The number of hydrogen-bond acceptors (Lipinski definition) is 2. The zero-order valence-corrected chi connectivity index (χ0v) is 14.3. The molecule has 1 N–H and O–H groups in total. The van der Waals surface area contributed by atoms with E-state index in [1.165, 1.54) is 23.6 Å². The number of nitrogens with one attached hydrogen (secondary N) is 1. The Kier molecular flexibility index (Phi) is 4.43. The van der Waals surface area contributed by atoms with Crippen LogP contribution in [-0.2, 0) is 17.6 Å². The van der Waals surface area contributed by atoms with Crippen molar-refractivity contribution < 1.29 is 9.18 Å². The molecule has 4 heteroatoms. The highest BCUT2D eigenvalue weighted by molar-refractivity contribution is 5.92. The number of carbonyl (C=O) groups is 1. The van der Waals surface area contributed by atoms with Crippen LogP contribution >= 0.6 is 0 Å². The number of benzene rings is 2. The summed E-state index contributed by atoms with van der Waals surface area (Å²) in [7, 11) is 0. The molecule has 0 atom stereocenters. The normalized spacial score (nSPS) is 17.4. The highest BCUT2D eigenvalue weighted by Crippen LogP contribution is 2.28. The second-order valence-corrected chi connectivity index (χ2v) is 7.04. The zero-order chi connectivity index (χ0) is 17.2. The molecule has 0 saturated carbocycles. The fourth-order valence-electron chi connectivity index (χ4n) is 3.98. The van der Waals surface area contributed by atoms with Crippen LogP contribution in [0.25, 0.3) is 0 Å². The highest BCUT2D eigenvalue weighted by Gasteiger charge is 2.26. The molecule has 3 nitrogen and oxygen atoms in total. The first-order valence-corrected chi connectivity index (χ1v) is 9.13. The van der Waals surface area contributed by atoms with Crippen LogP contribution in [0, 0.1) is 11.7 Å². The number of rotatable bonds is 3. The second kappa shape index (κ2) is 6.87. The zero-order valence-electron chi connectivity index (χ0n) is 14.3. The summed E-state index contributed by atoms with van der Waals surface area (Å²) in [4.78, 5) is 14.6. The number of carbonyl (C=O) groups excluding carboxylic acids is 1. The van der Waals surface area contributed by atoms with Gasteiger partial charge >= 0.3 is 0 Å². The minimum Gasteiger partial charge on any atom is -0.369 e. The number of amides is 1. The first-order valence-electron chi connectivity index (χ1n) is 9.13. The molecule has 0 bridgehead atoms. The molecule has 1 aliphatic carbocycles. The largest absolute Gasteiger partial charge is 0.369 e. The second-order valence-electron chi connectivity index (χ2n) is 7.04. The van der Waals surface area contributed by atoms with E-state index in [9.17, 15) is 9.18 Å². The summed E-state index contributed by atoms with van der Waals surface area (Å²) in [5.41, 5.74) is 4.32. The van der Waals surface area contributed by atoms with Crippen LogP contribution in [-0.4, -0.2) is 19.0 Å². The summed E-state index contributed by atoms with van der Waals surface area (Å²) in [6, 6.07) is 13.1. The van der Waals surface area contributed by atoms with Gasteiger partial charge in [0.05, 0.1) is 5.69 Å². The summed E-state index contributed by atoms with van der Waals surface area (Å²) < 4.78 is 13.9. The van der Waals surface area contributed by atoms with Crippen LogP contribution in [0.15, 0.2) is 42.5 Å². The van der Waals surface area contributed by atoms with Crippen molar-refractivity contribution in [1.29, 1.82) is 0 Å². The number of hydrogen-bond donors (Lipinski definition) is 1. The van der Waals surface area contributed by atoms with Gasteiger partial charge < -0.3 is 10.2 Å². The lowest BCUT2D eigenvalue weighted by Crippen LogP contribution is -2.38. The first-order chi connectivity index (χ1) is 12.2. The van der Waals surface area contributed by atoms with Gasteiger partial charge in [0.1, 0.15) is 5.82 Å². The van der Waals surface area contributed by atoms with Gasteiger partial charge in [-0.1, -0.05) is 18.2 Å². The van der Waals surface area contributed by atoms with Crippen LogP contribution in [0.2, 0.25) is 0 Å². The Hall–Kier alpha value is -2.36. The Morgan fingerprint density at radius 3 is 2.60 bits per heavy atom. The number of nitrogens with zero attached hydrogens (tertiary/aromatic N) is 1. The predicted molar refractivity (Wildman–Crippen MR) is 98.4 cm³/mol. The minimum atomic E-state index is -0.191. The van der Waals surface area contributed by atoms with Crippen molar-refractivity contribution in [3.05, 3.63) is 59.4 Å². The van der Waals surface area contributed by atoms with E-state index in [1.54, 1.807) is 12.1 Å². The third-order valence-corrected chi connectivity index (χ3v) is 5.42. The van der Waals surface area contributed by atoms with Crippen molar-refractivity contribution >= 4 is 17.3 Å². The fourth-order valence-corrected chi connectivity index (χ4v) is 3.98. The summed E-state index contributed by atoms with van der Waals surface area (Å²) in [5, 5.41) is 3.08. The molecule has 0 radical (unpaired) electrons. The van der Waals surface area contributed by atoms with Gasteiger partial charge in [-0.2, -0.15) is 0 Å². The Labute approximate surface area is 147 Å². The summed E-state index contributed by atoms with van der Waals surface area (Å²) >= 11 is 0. The molecule has 2 aliphatic rings. The lowest BCUT2D eigenvalue weighted by Gasteiger charge is -2.33. The maximum atomic E-state index is 13.9. The Balaban J connectivity index is 1.36. The van der Waals surface area contributed by atoms with E-state index < -0.39 is 0 Å². The molecule has 2 aromatic rings. The van der Waals surface area contributed by atoms with Crippen LogP contribution < -0.4 is 10.2 Å². The average molecular weight is 338 g/mol. The Morgan fingerprint density at radius 2 is 1.80 bits per heavy atom. The van der Waals surface area contributed by atoms with E-state index in [0.29, 0.717) is 18.8 Å². The van der Waals surface area contributed by atoms with Crippen molar-refractivity contribution in [3.8, 4) is 0 Å². The first kappa shape index (κ1) is 16.1. The molecule has 130 valence electrons. The predicted octanol–water partition coefficient (Wildman–Crippen LogP) is 4.17. The van der Waals surface area contributed by atoms with Crippen molar-refractivity contribution in [3.63, 3.8) is 0 Å². The SMILES string of the molecule is O=C(Nc1ccc2c(c1)CCC2)C1CCN(c2ccccc2F)CC1. The van der Waals surface area contributed by atoms with Crippen molar-refractivity contribution in [2.45, 2.75) is 32.1 Å². The van der Waals surface area contributed by atoms with E-state index in [0.717, 1.165) is 31.4 Å². The topological polar surface area (TPSA) is 32.3 Å². The van der Waals surface area contributed by atoms with Gasteiger partial charge in [0.25, 0.3) is 0 Å². The quantitative estimate of drug-likeness (QED) is 0.911. The van der Waals surface area contributed by atoms with Crippen molar-refractivity contribution in [2.75, 3.05) is 23.3 Å². The number of fused-ring (bicyclic) bond motifs is 1. The van der Waals surface area contributed by atoms with E-state index in [4.69, 9.17) is 0 Å². The van der Waals surface area contributed by atoms with E-state index >= 15 is 0 Å². The van der Waals surface area contributed by atoms with Gasteiger partial charge in [-0.05, 0) is 67.5 Å². The minimum absolute atomic E-state index is 0.00345. The van der Waals surface area contributed by atoms with Gasteiger partial charge in [-0.3, -0.25) is 4.79 Å². The molecule has 0 spiro atoms. The van der Waals surface area contributed by atoms with Crippen LogP contribution in [0.3, 0.4) is 0 Å². The summed E-state index contributed by atoms with van der Waals surface area (Å²) in [6.45, 7) is 1.42. The molecule has 0 unspecified atom stereocenters. The maximum absolute atomic E-state index is 13.9. The fraction of sp³-hybridized carbons (Fsp3) is 0.381. The van der Waals surface area contributed by atoms with Gasteiger partial charge in [0.2, 0.25) is 5.91 Å². The van der Waals surface area contributed by atoms with Gasteiger partial charge in [-0.25, -0.2) is 4.39 Å². The summed E-state index contributed by atoms with van der Waals surface area (Å²) in [6.07, 6.45) is 4.98. The number of piperidine rings is 1. The molecular formula is C21H23FN2O. The summed E-state index contributed by atoms with van der Waals surface area (Å²) in [5.74, 6) is -0.106. The molecule has 0 aromatic heterocycles. The van der Waals surface area contributed by atoms with Crippen LogP contribution in [0.5, 0.6) is 0 Å². The number of aryl methyl sites for hydroxylation is 2. The number of anilines is 2. The van der Waals surface area contributed by atoms with E-state index in [1.807, 2.05) is 17.0 Å². The van der Waals surface area contributed by atoms with Crippen LogP contribution in [0.1, 0.15) is 30.4 Å². The molecular weight excluding hydrogens is 315 g/mol. The smallest absolute Gasteiger partial charge is 0.227 e. The highest BCUT2D eigenvalue weighted by atomic mass is 19.1. The molecule has 1 heterocycles. The molecule has 1 saturated heterocycles. The number of para-hydroxylation sites is 1. The van der Waals surface area contributed by atoms with Crippen LogP contribution in [0.4, 0.5) is 15.8 Å². The molecule has 25 heavy (non-hydrogen) atoms. The molecule has 1 amide bonds. The molecule has 4 rings (SSSR count). The Bertz CT molecular complexity index is 781. The van der Waals surface area contributed by atoms with Gasteiger partial charge in [0.15, 0.2) is 0 Å². The Morgan fingerprint density at radius 1 is 1.04 bits per heavy atom. The lowest BCUT2D eigenvalue weighted by molar-refractivity contribution is -0.120. The monoisotopic (exact) mass is 338 g/mol. The maximum Gasteiger partial charge on any atom is 0.227 e. The third kappa shape index (κ3) is 3.39. The van der Waals surface area contributed by atoms with Gasteiger partial charge in [0, 0.05) is 24.7 Å². The standard InChI is InChI=1S/C21H23FN2O/c22-19-6-1-2-7-20(19)24-12-10-16(11-13-24)21(25)23-18-9-8-15-4-3-5-17(15)14-18/h1-2,6-9,14,16H,3-5,10-13H2,(H,23,25). The molecule has 1 aliphatic heterocycles. The third-order valence-electron chi connectivity index (χ3n) is 5.42.